The number of nitrogens with zero attached hydrogens (tertiary/aromatic N) is 1. The highest BCUT2D eigenvalue weighted by Crippen LogP contribution is 2.23. The number of carbonyl (C=O) groups is 2. The van der Waals surface area contributed by atoms with Crippen LogP contribution in [0.5, 0.6) is 0 Å². The number of amides is 1. The van der Waals surface area contributed by atoms with E-state index in [4.69, 9.17) is 0 Å². The molecule has 0 aromatic heterocycles. The topological polar surface area (TPSA) is 57.6 Å². The van der Waals surface area contributed by atoms with Crippen molar-refractivity contribution in [1.82, 2.24) is 4.90 Å². The average Bonchev–Trinajstić information content (AvgIpc) is 2.79. The normalized spacial score (nSPS) is 25.0. The number of aliphatic hydroxyl groups excluding tert-OH is 1. The van der Waals surface area contributed by atoms with Crippen molar-refractivity contribution in [2.45, 2.75) is 70.6 Å². The van der Waals surface area contributed by atoms with Crippen molar-refractivity contribution in [3.63, 3.8) is 0 Å². The van der Waals surface area contributed by atoms with Gasteiger partial charge in [0.05, 0.1) is 6.54 Å². The molecule has 1 N–H and O–H groups in total. The van der Waals surface area contributed by atoms with E-state index in [1.54, 1.807) is 13.1 Å². The summed E-state index contributed by atoms with van der Waals surface area (Å²) >= 11 is 0. The molecule has 24 heavy (non-hydrogen) atoms. The molecule has 0 aromatic rings. The molecule has 2 rings (SSSR count). The maximum absolute atomic E-state index is 11.9. The number of aliphatic hydroxyl groups is 1. The largest absolute Gasteiger partial charge is 0.507 e. The highest BCUT2D eigenvalue weighted by Gasteiger charge is 2.33. The van der Waals surface area contributed by atoms with Gasteiger partial charge in [-0.15, -0.1) is 0 Å². The smallest absolute Gasteiger partial charge is 0.261 e. The Labute approximate surface area is 145 Å². The zero-order chi connectivity index (χ0) is 17.4. The van der Waals surface area contributed by atoms with E-state index in [9.17, 15) is 14.7 Å². The summed E-state index contributed by atoms with van der Waals surface area (Å²) in [5, 5.41) is 10.2. The molecule has 1 saturated heterocycles. The number of ketones is 1. The van der Waals surface area contributed by atoms with Crippen LogP contribution in [0.4, 0.5) is 0 Å². The Morgan fingerprint density at radius 3 is 1.92 bits per heavy atom. The van der Waals surface area contributed by atoms with Crippen molar-refractivity contribution < 1.29 is 14.7 Å². The molecule has 134 valence electrons. The lowest BCUT2D eigenvalue weighted by molar-refractivity contribution is -0.123. The molecule has 2 aliphatic rings. The summed E-state index contributed by atoms with van der Waals surface area (Å²) in [6, 6.07) is 0. The van der Waals surface area contributed by atoms with Crippen molar-refractivity contribution in [3.05, 3.63) is 23.5 Å². The van der Waals surface area contributed by atoms with Crippen LogP contribution in [0.3, 0.4) is 0 Å². The van der Waals surface area contributed by atoms with Gasteiger partial charge >= 0.3 is 0 Å². The van der Waals surface area contributed by atoms with E-state index in [0.717, 1.165) is 12.8 Å². The van der Waals surface area contributed by atoms with Crippen molar-refractivity contribution in [2.24, 2.45) is 5.92 Å². The molecule has 0 bridgehead atoms. The first-order valence-electron chi connectivity index (χ1n) is 9.49. The standard InChI is InChI=1S/C20H31NO3/c1-21-15-18(23)19(20(21)24)17(22)14-13-16-11-9-7-5-3-2-4-6-8-10-12-16/h13-14,16,22H,2-12,15H2,1H3/b14-13+,19-17?. The Hall–Kier alpha value is -1.58. The third kappa shape index (κ3) is 5.50. The van der Waals surface area contributed by atoms with Crippen LogP contribution < -0.4 is 0 Å². The number of hydrogen-bond acceptors (Lipinski definition) is 3. The van der Waals surface area contributed by atoms with Gasteiger partial charge in [0.1, 0.15) is 11.3 Å². The Kier molecular flexibility index (Phi) is 7.54. The molecule has 0 radical (unpaired) electrons. The lowest BCUT2D eigenvalue weighted by atomic mass is 9.92. The fourth-order valence-electron chi connectivity index (χ4n) is 3.63. The van der Waals surface area contributed by atoms with Crippen LogP contribution in [0.15, 0.2) is 23.5 Å². The van der Waals surface area contributed by atoms with Crippen molar-refractivity contribution in [3.8, 4) is 0 Å². The summed E-state index contributed by atoms with van der Waals surface area (Å²) < 4.78 is 0. The second-order valence-corrected chi connectivity index (χ2v) is 7.22. The van der Waals surface area contributed by atoms with Crippen LogP contribution >= 0.6 is 0 Å². The van der Waals surface area contributed by atoms with Gasteiger partial charge in [-0.05, 0) is 24.8 Å². The van der Waals surface area contributed by atoms with Crippen LogP contribution in [0.1, 0.15) is 70.6 Å². The van der Waals surface area contributed by atoms with Crippen LogP contribution in [0.25, 0.3) is 0 Å². The summed E-state index contributed by atoms with van der Waals surface area (Å²) in [5.41, 5.74) is -0.0538. The summed E-state index contributed by atoms with van der Waals surface area (Å²) in [6.07, 6.45) is 17.5. The van der Waals surface area contributed by atoms with Gasteiger partial charge in [-0.1, -0.05) is 63.9 Å². The molecule has 1 amide bonds. The van der Waals surface area contributed by atoms with Gasteiger partial charge < -0.3 is 10.0 Å². The number of likely N-dealkylation sites (tertiary alicyclic amines) is 1. The number of likely N-dealkylation sites (N-methyl/N-ethyl adjacent to an activating group) is 1. The van der Waals surface area contributed by atoms with E-state index in [1.165, 1.54) is 62.7 Å². The maximum Gasteiger partial charge on any atom is 0.261 e. The SMILES string of the molecule is CN1CC(=O)C(=C(O)/C=C/C2CCCCCCCCCCC2)C1=O. The minimum atomic E-state index is -0.374. The third-order valence-corrected chi connectivity index (χ3v) is 5.15. The monoisotopic (exact) mass is 333 g/mol. The van der Waals surface area contributed by atoms with E-state index in [2.05, 4.69) is 0 Å². The Balaban J connectivity index is 1.98. The number of allylic oxidation sites excluding steroid dienone is 2. The molecular weight excluding hydrogens is 302 g/mol. The summed E-state index contributed by atoms with van der Waals surface area (Å²) in [4.78, 5) is 25.1. The van der Waals surface area contributed by atoms with E-state index in [1.807, 2.05) is 6.08 Å². The molecule has 4 heteroatoms. The van der Waals surface area contributed by atoms with Crippen molar-refractivity contribution in [1.29, 1.82) is 0 Å². The van der Waals surface area contributed by atoms with E-state index in [0.29, 0.717) is 5.92 Å². The Bertz CT molecular complexity index is 495. The first-order chi connectivity index (χ1) is 11.6. The van der Waals surface area contributed by atoms with Crippen LogP contribution in [0, 0.1) is 5.92 Å². The first-order valence-corrected chi connectivity index (χ1v) is 9.49. The highest BCUT2D eigenvalue weighted by molar-refractivity contribution is 6.25. The molecule has 1 aliphatic carbocycles. The molecule has 1 saturated carbocycles. The molecule has 1 aliphatic heterocycles. The van der Waals surface area contributed by atoms with Crippen LogP contribution in [-0.2, 0) is 9.59 Å². The summed E-state index contributed by atoms with van der Waals surface area (Å²) in [6.45, 7) is 0.0650. The molecule has 0 spiro atoms. The van der Waals surface area contributed by atoms with E-state index in [-0.39, 0.29) is 29.6 Å². The van der Waals surface area contributed by atoms with Gasteiger partial charge in [0.2, 0.25) is 0 Å². The fraction of sp³-hybridized carbons (Fsp3) is 0.700. The third-order valence-electron chi connectivity index (χ3n) is 5.15. The van der Waals surface area contributed by atoms with Gasteiger partial charge in [-0.2, -0.15) is 0 Å². The van der Waals surface area contributed by atoms with E-state index >= 15 is 0 Å². The summed E-state index contributed by atoms with van der Waals surface area (Å²) in [7, 11) is 1.58. The molecule has 1 heterocycles. The molecule has 0 aromatic carbocycles. The molecule has 0 atom stereocenters. The van der Waals surface area contributed by atoms with Gasteiger partial charge in [0, 0.05) is 7.05 Å². The molecule has 2 fully saturated rings. The quantitative estimate of drug-likeness (QED) is 0.465. The number of rotatable bonds is 2. The molecular formula is C20H31NO3. The average molecular weight is 333 g/mol. The van der Waals surface area contributed by atoms with Gasteiger partial charge in [-0.3, -0.25) is 9.59 Å². The number of hydrogen-bond donors (Lipinski definition) is 1. The molecule has 0 unspecified atom stereocenters. The van der Waals surface area contributed by atoms with Gasteiger partial charge in [0.15, 0.2) is 5.78 Å². The van der Waals surface area contributed by atoms with Crippen molar-refractivity contribution >= 4 is 11.7 Å². The second kappa shape index (κ2) is 9.65. The number of Topliss-reactive ketones (excluding diaryl/α,β-unsaturated/α-hetero) is 1. The minimum absolute atomic E-state index is 0.0538. The van der Waals surface area contributed by atoms with Crippen LogP contribution in [-0.4, -0.2) is 35.3 Å². The zero-order valence-corrected chi connectivity index (χ0v) is 14.9. The zero-order valence-electron chi connectivity index (χ0n) is 14.9. The van der Waals surface area contributed by atoms with Crippen molar-refractivity contribution in [2.75, 3.05) is 13.6 Å². The first kappa shape index (κ1) is 18.8. The Morgan fingerprint density at radius 1 is 0.958 bits per heavy atom. The lowest BCUT2D eigenvalue weighted by Crippen LogP contribution is -2.19. The maximum atomic E-state index is 11.9. The number of carbonyl (C=O) groups excluding carboxylic acids is 2. The Morgan fingerprint density at radius 2 is 1.46 bits per heavy atom. The van der Waals surface area contributed by atoms with Gasteiger partial charge in [0.25, 0.3) is 5.91 Å². The van der Waals surface area contributed by atoms with Gasteiger partial charge in [-0.25, -0.2) is 0 Å². The lowest BCUT2D eigenvalue weighted by Gasteiger charge is -2.14. The second-order valence-electron chi connectivity index (χ2n) is 7.22. The predicted molar refractivity (Wildman–Crippen MR) is 95.7 cm³/mol. The van der Waals surface area contributed by atoms with Crippen LogP contribution in [0.2, 0.25) is 0 Å². The predicted octanol–water partition coefficient (Wildman–Crippen LogP) is 4.32. The highest BCUT2D eigenvalue weighted by atomic mass is 16.3. The molecule has 4 nitrogen and oxygen atoms in total. The van der Waals surface area contributed by atoms with E-state index < -0.39 is 0 Å². The summed E-state index contributed by atoms with van der Waals surface area (Å²) in [5.74, 6) is -0.402. The fourth-order valence-corrected chi connectivity index (χ4v) is 3.63. The minimum Gasteiger partial charge on any atom is -0.507 e.